The van der Waals surface area contributed by atoms with Gasteiger partial charge in [-0.2, -0.15) is 0 Å². The average Bonchev–Trinajstić information content (AvgIpc) is 2.74. The molecule has 1 aromatic rings. The molecule has 0 N–H and O–H groups in total. The molecule has 0 radical (unpaired) electrons. The van der Waals surface area contributed by atoms with Crippen molar-refractivity contribution in [3.05, 3.63) is 65.4 Å². The fourth-order valence-corrected chi connectivity index (χ4v) is 3.73. The summed E-state index contributed by atoms with van der Waals surface area (Å²) in [6.45, 7) is 12.1. The lowest BCUT2D eigenvalue weighted by Gasteiger charge is -2.29. The number of rotatable bonds is 4. The van der Waals surface area contributed by atoms with Crippen molar-refractivity contribution < 1.29 is 19.1 Å². The van der Waals surface area contributed by atoms with Gasteiger partial charge in [0.2, 0.25) is 0 Å². The first-order valence-corrected chi connectivity index (χ1v) is 11.2. The topological polar surface area (TPSA) is 52.6 Å². The molecule has 0 bridgehead atoms. The minimum absolute atomic E-state index is 0.000567. The summed E-state index contributed by atoms with van der Waals surface area (Å²) in [6, 6.07) is 10.0. The van der Waals surface area contributed by atoms with E-state index < -0.39 is 11.3 Å². The zero-order chi connectivity index (χ0) is 23.0. The largest absolute Gasteiger partial charge is 0.457 e. The van der Waals surface area contributed by atoms with Gasteiger partial charge in [0.25, 0.3) is 0 Å². The van der Waals surface area contributed by atoms with Crippen LogP contribution in [0.1, 0.15) is 59.9 Å². The molecule has 4 nitrogen and oxygen atoms in total. The van der Waals surface area contributed by atoms with Gasteiger partial charge < -0.3 is 9.47 Å². The van der Waals surface area contributed by atoms with Crippen molar-refractivity contribution in [3.63, 3.8) is 0 Å². The normalized spacial score (nSPS) is 28.4. The van der Waals surface area contributed by atoms with Crippen LogP contribution in [-0.2, 0) is 25.7 Å². The van der Waals surface area contributed by atoms with Crippen LogP contribution in [0.25, 0.3) is 0 Å². The second-order valence-electron chi connectivity index (χ2n) is 9.17. The number of hydrogen-bond acceptors (Lipinski definition) is 4. The molecule has 4 unspecified atom stereocenters. The van der Waals surface area contributed by atoms with E-state index in [1.807, 2.05) is 64.1 Å². The van der Waals surface area contributed by atoms with E-state index in [-0.39, 0.29) is 29.9 Å². The number of esters is 1. The molecule has 1 aromatic carbocycles. The Morgan fingerprint density at radius 3 is 2.48 bits per heavy atom. The smallest absolute Gasteiger partial charge is 0.313 e. The molecule has 1 heterocycles. The van der Waals surface area contributed by atoms with Crippen LogP contribution in [-0.4, -0.2) is 24.0 Å². The highest BCUT2D eigenvalue weighted by molar-refractivity contribution is 5.94. The Hall–Kier alpha value is -2.42. The van der Waals surface area contributed by atoms with Gasteiger partial charge in [0, 0.05) is 11.0 Å². The number of allylic oxidation sites excluding steroid dienone is 1. The average molecular weight is 425 g/mol. The highest BCUT2D eigenvalue weighted by Crippen LogP contribution is 2.31. The molecule has 0 saturated heterocycles. The van der Waals surface area contributed by atoms with E-state index in [1.165, 1.54) is 6.08 Å². The number of benzene rings is 1. The standard InChI is InChI=1S/C27H36O4/c1-7-23-19(2)13-15-24(30-18-22-11-9-8-10-12-22)21(4)17-27(5,6)25(28)16-14-20(3)26(29)31-23/h8-12,14-16,20-21,23-24H,7,17-18H2,1-6H3/b16-14+. The summed E-state index contributed by atoms with van der Waals surface area (Å²) in [4.78, 5) is 25.3. The van der Waals surface area contributed by atoms with Crippen LogP contribution in [0.3, 0.4) is 0 Å². The third-order valence-corrected chi connectivity index (χ3v) is 5.84. The van der Waals surface area contributed by atoms with Gasteiger partial charge in [-0.05, 0) is 50.3 Å². The molecule has 1 aliphatic rings. The lowest BCUT2D eigenvalue weighted by molar-refractivity contribution is -0.150. The molecule has 0 amide bonds. The van der Waals surface area contributed by atoms with Gasteiger partial charge in [-0.1, -0.05) is 64.1 Å². The van der Waals surface area contributed by atoms with E-state index >= 15 is 0 Å². The molecule has 1 aliphatic heterocycles. The summed E-state index contributed by atoms with van der Waals surface area (Å²) < 4.78 is 11.9. The van der Waals surface area contributed by atoms with Crippen molar-refractivity contribution in [2.75, 3.05) is 0 Å². The molecule has 0 fully saturated rings. The van der Waals surface area contributed by atoms with Gasteiger partial charge in [-0.15, -0.1) is 5.73 Å². The Balaban J connectivity index is 2.38. The molecule has 0 aliphatic carbocycles. The summed E-state index contributed by atoms with van der Waals surface area (Å²) in [7, 11) is 0. The molecule has 4 heteroatoms. The monoisotopic (exact) mass is 424 g/mol. The molecule has 168 valence electrons. The highest BCUT2D eigenvalue weighted by Gasteiger charge is 2.31. The quantitative estimate of drug-likeness (QED) is 0.451. The van der Waals surface area contributed by atoms with Crippen molar-refractivity contribution in [3.8, 4) is 0 Å². The van der Waals surface area contributed by atoms with E-state index in [4.69, 9.17) is 9.47 Å². The zero-order valence-electron chi connectivity index (χ0n) is 19.7. The Kier molecular flexibility index (Phi) is 9.03. The van der Waals surface area contributed by atoms with E-state index in [0.717, 1.165) is 11.1 Å². The molecule has 0 spiro atoms. The van der Waals surface area contributed by atoms with Crippen LogP contribution in [0.5, 0.6) is 0 Å². The first-order chi connectivity index (χ1) is 14.6. The first-order valence-electron chi connectivity index (χ1n) is 11.2. The number of carbonyl (C=O) groups is 2. The summed E-state index contributed by atoms with van der Waals surface area (Å²) in [5.41, 5.74) is 4.70. The van der Waals surface area contributed by atoms with Crippen molar-refractivity contribution in [1.29, 1.82) is 0 Å². The molecular formula is C27H36O4. The van der Waals surface area contributed by atoms with E-state index in [2.05, 4.69) is 12.7 Å². The maximum Gasteiger partial charge on any atom is 0.313 e. The minimum atomic E-state index is -0.573. The molecule has 0 aromatic heterocycles. The van der Waals surface area contributed by atoms with Crippen molar-refractivity contribution >= 4 is 11.8 Å². The van der Waals surface area contributed by atoms with Crippen LogP contribution < -0.4 is 0 Å². The van der Waals surface area contributed by atoms with E-state index in [9.17, 15) is 9.59 Å². The van der Waals surface area contributed by atoms with Gasteiger partial charge in [0.05, 0.1) is 18.6 Å². The molecule has 31 heavy (non-hydrogen) atoms. The van der Waals surface area contributed by atoms with Crippen LogP contribution >= 0.6 is 0 Å². The van der Waals surface area contributed by atoms with Crippen molar-refractivity contribution in [2.24, 2.45) is 17.3 Å². The molecule has 2 rings (SSSR count). The Labute approximate surface area is 187 Å². The number of ketones is 1. The van der Waals surface area contributed by atoms with Crippen LogP contribution in [0, 0.1) is 17.3 Å². The summed E-state index contributed by atoms with van der Waals surface area (Å²) in [5.74, 6) is -0.718. The second kappa shape index (κ2) is 11.3. The van der Waals surface area contributed by atoms with Gasteiger partial charge in [-0.25, -0.2) is 0 Å². The minimum Gasteiger partial charge on any atom is -0.457 e. The maximum atomic E-state index is 12.9. The van der Waals surface area contributed by atoms with Crippen LogP contribution in [0.15, 0.2) is 59.9 Å². The van der Waals surface area contributed by atoms with Gasteiger partial charge in [0.15, 0.2) is 5.78 Å². The zero-order valence-corrected chi connectivity index (χ0v) is 19.7. The lowest BCUT2D eigenvalue weighted by Crippen LogP contribution is -2.31. The van der Waals surface area contributed by atoms with Gasteiger partial charge in [0.1, 0.15) is 6.10 Å². The SMILES string of the molecule is CCC1OC(=O)C(C)/C=C/C(=O)C(C)(C)CC(C)C(OCc2ccccc2)C=C=C1C. The first kappa shape index (κ1) is 24.8. The van der Waals surface area contributed by atoms with E-state index in [0.29, 0.717) is 19.4 Å². The number of ether oxygens (including phenoxy) is 2. The Bertz CT molecular complexity index is 843. The fraction of sp³-hybridized carbons (Fsp3) is 0.519. The van der Waals surface area contributed by atoms with Gasteiger partial charge >= 0.3 is 5.97 Å². The molecule has 4 atom stereocenters. The van der Waals surface area contributed by atoms with E-state index in [1.54, 1.807) is 13.0 Å². The number of carbonyl (C=O) groups excluding carboxylic acids is 2. The third kappa shape index (κ3) is 7.34. The summed E-state index contributed by atoms with van der Waals surface area (Å²) in [5, 5.41) is 0. The molecule has 0 saturated carbocycles. The molecular weight excluding hydrogens is 388 g/mol. The number of cyclic esters (lactones) is 1. The lowest BCUT2D eigenvalue weighted by atomic mass is 9.77. The predicted octanol–water partition coefficient (Wildman–Crippen LogP) is 5.82. The van der Waals surface area contributed by atoms with Gasteiger partial charge in [-0.3, -0.25) is 9.59 Å². The predicted molar refractivity (Wildman–Crippen MR) is 123 cm³/mol. The number of hydrogen-bond donors (Lipinski definition) is 0. The Morgan fingerprint density at radius 2 is 1.84 bits per heavy atom. The van der Waals surface area contributed by atoms with Crippen molar-refractivity contribution in [2.45, 2.75) is 73.2 Å². The fourth-order valence-electron chi connectivity index (χ4n) is 3.73. The summed E-state index contributed by atoms with van der Waals surface area (Å²) >= 11 is 0. The summed E-state index contributed by atoms with van der Waals surface area (Å²) in [6.07, 6.45) is 5.85. The van der Waals surface area contributed by atoms with Crippen molar-refractivity contribution in [1.82, 2.24) is 0 Å². The second-order valence-corrected chi connectivity index (χ2v) is 9.17. The van der Waals surface area contributed by atoms with Crippen LogP contribution in [0.4, 0.5) is 0 Å². The maximum absolute atomic E-state index is 12.9. The Morgan fingerprint density at radius 1 is 1.16 bits per heavy atom. The van der Waals surface area contributed by atoms with Crippen LogP contribution in [0.2, 0.25) is 0 Å². The third-order valence-electron chi connectivity index (χ3n) is 5.84. The highest BCUT2D eigenvalue weighted by atomic mass is 16.5.